The maximum absolute atomic E-state index is 13.8. The summed E-state index contributed by atoms with van der Waals surface area (Å²) in [5, 5.41) is 7.36. The monoisotopic (exact) mass is 290 g/mol. The van der Waals surface area contributed by atoms with Crippen molar-refractivity contribution in [2.75, 3.05) is 5.32 Å². The number of hydrogen-bond donors (Lipinski definition) is 2. The molecule has 2 aromatic rings. The van der Waals surface area contributed by atoms with E-state index >= 15 is 0 Å². The smallest absolute Gasteiger partial charge is 0.248 e. The zero-order valence-corrected chi connectivity index (χ0v) is 12.4. The van der Waals surface area contributed by atoms with Crippen LogP contribution in [0.1, 0.15) is 41.4 Å². The van der Waals surface area contributed by atoms with Gasteiger partial charge in [0.05, 0.1) is 6.20 Å². The van der Waals surface area contributed by atoms with Crippen LogP contribution in [0.5, 0.6) is 0 Å². The van der Waals surface area contributed by atoms with Crippen molar-refractivity contribution in [3.05, 3.63) is 47.0 Å². The lowest BCUT2D eigenvalue weighted by atomic mass is 10.1. The van der Waals surface area contributed by atoms with E-state index in [2.05, 4.69) is 10.4 Å². The lowest BCUT2D eigenvalue weighted by Gasteiger charge is -2.11. The number of aromatic nitrogens is 2. The number of anilines is 1. The van der Waals surface area contributed by atoms with Crippen LogP contribution in [-0.4, -0.2) is 15.7 Å². The van der Waals surface area contributed by atoms with Crippen LogP contribution in [0.15, 0.2) is 24.5 Å². The number of nitrogens with zero attached hydrogens (tertiary/aromatic N) is 2. The predicted molar refractivity (Wildman–Crippen MR) is 79.6 cm³/mol. The first-order valence-electron chi connectivity index (χ1n) is 6.75. The normalized spacial score (nSPS) is 10.9. The molecule has 2 rings (SSSR count). The standard InChI is InChI=1S/C15H19FN4O/c1-9(2)20-8-11(7-19-20)6-18-14-5-12(15(17)21)4-13(16)10(14)3/h4-5,7-9,18H,6H2,1-3H3,(H2,17,21). The van der Waals surface area contributed by atoms with E-state index in [1.165, 1.54) is 0 Å². The van der Waals surface area contributed by atoms with Crippen LogP contribution in [0, 0.1) is 12.7 Å². The molecule has 0 unspecified atom stereocenters. The van der Waals surface area contributed by atoms with Gasteiger partial charge >= 0.3 is 0 Å². The average Bonchev–Trinajstić information content (AvgIpc) is 2.89. The van der Waals surface area contributed by atoms with E-state index in [0.717, 1.165) is 11.6 Å². The topological polar surface area (TPSA) is 72.9 Å². The Hall–Kier alpha value is -2.37. The summed E-state index contributed by atoms with van der Waals surface area (Å²) in [7, 11) is 0. The first-order valence-corrected chi connectivity index (χ1v) is 6.75. The molecule has 0 aliphatic rings. The van der Waals surface area contributed by atoms with Crippen molar-refractivity contribution in [2.24, 2.45) is 5.73 Å². The third kappa shape index (κ3) is 3.39. The van der Waals surface area contributed by atoms with Crippen LogP contribution in [0.2, 0.25) is 0 Å². The molecule has 6 heteroatoms. The molecule has 1 heterocycles. The highest BCUT2D eigenvalue weighted by Gasteiger charge is 2.10. The van der Waals surface area contributed by atoms with Crippen LogP contribution in [0.25, 0.3) is 0 Å². The number of carbonyl (C=O) groups is 1. The first-order chi connectivity index (χ1) is 9.88. The van der Waals surface area contributed by atoms with Crippen LogP contribution in [-0.2, 0) is 6.54 Å². The van der Waals surface area contributed by atoms with E-state index in [4.69, 9.17) is 5.73 Å². The molecular formula is C15H19FN4O. The Balaban J connectivity index is 2.17. The molecule has 0 radical (unpaired) electrons. The van der Waals surface area contributed by atoms with E-state index < -0.39 is 11.7 Å². The largest absolute Gasteiger partial charge is 0.381 e. The second kappa shape index (κ2) is 5.95. The molecule has 0 fully saturated rings. The van der Waals surface area contributed by atoms with Crippen molar-refractivity contribution < 1.29 is 9.18 Å². The first kappa shape index (κ1) is 15.0. The summed E-state index contributed by atoms with van der Waals surface area (Å²) in [5.74, 6) is -1.10. The molecule has 0 saturated carbocycles. The van der Waals surface area contributed by atoms with Crippen molar-refractivity contribution >= 4 is 11.6 Å². The van der Waals surface area contributed by atoms with Gasteiger partial charge < -0.3 is 11.1 Å². The summed E-state index contributed by atoms with van der Waals surface area (Å²) in [6, 6.07) is 3.00. The third-order valence-electron chi connectivity index (χ3n) is 3.30. The SMILES string of the molecule is Cc1c(F)cc(C(N)=O)cc1NCc1cnn(C(C)C)c1. The third-order valence-corrected chi connectivity index (χ3v) is 3.30. The molecule has 3 N–H and O–H groups in total. The molecule has 0 bridgehead atoms. The van der Waals surface area contributed by atoms with Gasteiger partial charge in [0.15, 0.2) is 0 Å². The summed E-state index contributed by atoms with van der Waals surface area (Å²) in [5.41, 5.74) is 7.34. The molecule has 1 aromatic carbocycles. The lowest BCUT2D eigenvalue weighted by Crippen LogP contribution is -2.13. The van der Waals surface area contributed by atoms with Gasteiger partial charge in [-0.25, -0.2) is 4.39 Å². The summed E-state index contributed by atoms with van der Waals surface area (Å²) in [4.78, 5) is 11.2. The van der Waals surface area contributed by atoms with Crippen molar-refractivity contribution in [1.82, 2.24) is 9.78 Å². The van der Waals surface area contributed by atoms with E-state index in [1.807, 2.05) is 24.7 Å². The highest BCUT2D eigenvalue weighted by atomic mass is 19.1. The van der Waals surface area contributed by atoms with E-state index in [1.54, 1.807) is 19.2 Å². The molecule has 0 aliphatic carbocycles. The number of carbonyl (C=O) groups excluding carboxylic acids is 1. The van der Waals surface area contributed by atoms with Gasteiger partial charge in [0.1, 0.15) is 5.82 Å². The highest BCUT2D eigenvalue weighted by molar-refractivity contribution is 5.94. The minimum absolute atomic E-state index is 0.151. The zero-order valence-electron chi connectivity index (χ0n) is 12.4. The minimum atomic E-state index is -0.649. The Bertz CT molecular complexity index is 664. The fourth-order valence-electron chi connectivity index (χ4n) is 1.95. The Kier molecular flexibility index (Phi) is 4.26. The van der Waals surface area contributed by atoms with Gasteiger partial charge in [-0.3, -0.25) is 9.48 Å². The van der Waals surface area contributed by atoms with Crippen LogP contribution in [0.4, 0.5) is 10.1 Å². The number of halogens is 1. The molecule has 0 spiro atoms. The Labute approximate surface area is 123 Å². The highest BCUT2D eigenvalue weighted by Crippen LogP contribution is 2.21. The molecular weight excluding hydrogens is 271 g/mol. The van der Waals surface area contributed by atoms with E-state index in [0.29, 0.717) is 17.8 Å². The second-order valence-corrected chi connectivity index (χ2v) is 5.27. The zero-order chi connectivity index (χ0) is 15.6. The summed E-state index contributed by atoms with van der Waals surface area (Å²) >= 11 is 0. The van der Waals surface area contributed by atoms with Crippen LogP contribution < -0.4 is 11.1 Å². The van der Waals surface area contributed by atoms with E-state index in [-0.39, 0.29) is 11.6 Å². The van der Waals surface area contributed by atoms with Gasteiger partial charge in [-0.05, 0) is 32.9 Å². The number of rotatable bonds is 5. The van der Waals surface area contributed by atoms with Crippen molar-refractivity contribution in [3.8, 4) is 0 Å². The molecule has 5 nitrogen and oxygen atoms in total. The molecule has 112 valence electrons. The van der Waals surface area contributed by atoms with Gasteiger partial charge in [0, 0.05) is 41.2 Å². The summed E-state index contributed by atoms with van der Waals surface area (Å²) in [6.07, 6.45) is 3.69. The number of nitrogens with two attached hydrogens (primary N) is 1. The van der Waals surface area contributed by atoms with Gasteiger partial charge in [0.25, 0.3) is 0 Å². The lowest BCUT2D eigenvalue weighted by molar-refractivity contribution is 0.1000. The molecule has 0 atom stereocenters. The average molecular weight is 290 g/mol. The van der Waals surface area contributed by atoms with Gasteiger partial charge in [0.2, 0.25) is 5.91 Å². The maximum Gasteiger partial charge on any atom is 0.248 e. The number of nitrogens with one attached hydrogen (secondary N) is 1. The summed E-state index contributed by atoms with van der Waals surface area (Å²) in [6.45, 7) is 6.23. The molecule has 0 aliphatic heterocycles. The quantitative estimate of drug-likeness (QED) is 0.889. The Morgan fingerprint density at radius 3 is 2.76 bits per heavy atom. The van der Waals surface area contributed by atoms with Gasteiger partial charge in [-0.2, -0.15) is 5.10 Å². The second-order valence-electron chi connectivity index (χ2n) is 5.27. The molecule has 1 amide bonds. The van der Waals surface area contributed by atoms with Crippen LogP contribution >= 0.6 is 0 Å². The number of benzene rings is 1. The van der Waals surface area contributed by atoms with Crippen molar-refractivity contribution in [1.29, 1.82) is 0 Å². The molecule has 21 heavy (non-hydrogen) atoms. The molecule has 1 aromatic heterocycles. The fraction of sp³-hybridized carbons (Fsp3) is 0.333. The minimum Gasteiger partial charge on any atom is -0.381 e. The number of amides is 1. The van der Waals surface area contributed by atoms with Gasteiger partial charge in [-0.15, -0.1) is 0 Å². The number of primary amides is 1. The summed E-state index contributed by atoms with van der Waals surface area (Å²) < 4.78 is 15.6. The van der Waals surface area contributed by atoms with Crippen molar-refractivity contribution in [2.45, 2.75) is 33.4 Å². The van der Waals surface area contributed by atoms with Crippen LogP contribution in [0.3, 0.4) is 0 Å². The predicted octanol–water partition coefficient (Wildman–Crippen LogP) is 2.62. The maximum atomic E-state index is 13.8. The Morgan fingerprint density at radius 1 is 1.48 bits per heavy atom. The number of hydrogen-bond acceptors (Lipinski definition) is 3. The van der Waals surface area contributed by atoms with Gasteiger partial charge in [-0.1, -0.05) is 0 Å². The van der Waals surface area contributed by atoms with Crippen molar-refractivity contribution in [3.63, 3.8) is 0 Å². The Morgan fingerprint density at radius 2 is 2.19 bits per heavy atom. The molecule has 0 saturated heterocycles. The van der Waals surface area contributed by atoms with E-state index in [9.17, 15) is 9.18 Å². The fourth-order valence-corrected chi connectivity index (χ4v) is 1.95.